The highest BCUT2D eigenvalue weighted by Crippen LogP contribution is 2.19. The topological polar surface area (TPSA) is 40.1 Å². The van der Waals surface area contributed by atoms with E-state index in [4.69, 9.17) is 0 Å². The average Bonchev–Trinajstić information content (AvgIpc) is 2.26. The SMILES string of the molecule is C=CC(/C=C(\C)C(=O)[O-])c1ccccc1. The number of carbonyl (C=O) groups excluding carboxylic acids is 1. The first-order valence-electron chi connectivity index (χ1n) is 4.72. The predicted octanol–water partition coefficient (Wildman–Crippen LogP) is 1.65. The van der Waals surface area contributed by atoms with E-state index >= 15 is 0 Å². The van der Waals surface area contributed by atoms with Gasteiger partial charge in [-0.05, 0) is 18.1 Å². The number of aliphatic carboxylic acids is 1. The Bertz CT molecular complexity index is 377. The maximum atomic E-state index is 10.6. The third-order valence-corrected chi connectivity index (χ3v) is 2.19. The Kier molecular flexibility index (Phi) is 3.86. The van der Waals surface area contributed by atoms with E-state index < -0.39 is 5.97 Å². The van der Waals surface area contributed by atoms with Crippen LogP contribution in [0.25, 0.3) is 0 Å². The van der Waals surface area contributed by atoms with Crippen molar-refractivity contribution in [1.29, 1.82) is 0 Å². The van der Waals surface area contributed by atoms with Crippen molar-refractivity contribution in [3.8, 4) is 0 Å². The molecule has 0 aromatic heterocycles. The highest BCUT2D eigenvalue weighted by Gasteiger charge is 2.03. The summed E-state index contributed by atoms with van der Waals surface area (Å²) in [5.74, 6) is -1.22. The minimum Gasteiger partial charge on any atom is -0.545 e. The minimum atomic E-state index is -1.14. The molecule has 78 valence electrons. The Morgan fingerprint density at radius 2 is 2.00 bits per heavy atom. The van der Waals surface area contributed by atoms with E-state index in [0.29, 0.717) is 0 Å². The van der Waals surface area contributed by atoms with Crippen LogP contribution in [-0.2, 0) is 4.79 Å². The fourth-order valence-electron chi connectivity index (χ4n) is 1.31. The first kappa shape index (κ1) is 11.2. The van der Waals surface area contributed by atoms with Crippen LogP contribution in [0.5, 0.6) is 0 Å². The molecular formula is C13H13O2-. The number of benzene rings is 1. The summed E-state index contributed by atoms with van der Waals surface area (Å²) in [5.41, 5.74) is 1.25. The lowest BCUT2D eigenvalue weighted by Crippen LogP contribution is -2.23. The van der Waals surface area contributed by atoms with Crippen LogP contribution in [0.1, 0.15) is 18.4 Å². The van der Waals surface area contributed by atoms with Gasteiger partial charge in [0.2, 0.25) is 0 Å². The molecule has 0 bridgehead atoms. The normalized spacial score (nSPS) is 13.3. The van der Waals surface area contributed by atoms with Crippen molar-refractivity contribution in [1.82, 2.24) is 0 Å². The number of carboxylic acid groups (broad SMARTS) is 1. The summed E-state index contributed by atoms with van der Waals surface area (Å²) in [5, 5.41) is 10.6. The van der Waals surface area contributed by atoms with Gasteiger partial charge in [-0.3, -0.25) is 0 Å². The van der Waals surface area contributed by atoms with Crippen LogP contribution in [0.2, 0.25) is 0 Å². The number of rotatable bonds is 4. The van der Waals surface area contributed by atoms with Gasteiger partial charge in [0.15, 0.2) is 0 Å². The largest absolute Gasteiger partial charge is 0.545 e. The molecule has 0 aliphatic carbocycles. The standard InChI is InChI=1S/C13H14O2/c1-3-11(9-10(2)13(14)15)12-7-5-4-6-8-12/h3-9,11H,1H2,2H3,(H,14,15)/p-1/b10-9+. The van der Waals surface area contributed by atoms with E-state index in [1.54, 1.807) is 12.2 Å². The van der Waals surface area contributed by atoms with E-state index in [9.17, 15) is 9.90 Å². The van der Waals surface area contributed by atoms with E-state index in [-0.39, 0.29) is 11.5 Å². The second kappa shape index (κ2) is 5.15. The van der Waals surface area contributed by atoms with E-state index in [0.717, 1.165) is 5.56 Å². The number of carbonyl (C=O) groups is 1. The Hall–Kier alpha value is -1.83. The van der Waals surface area contributed by atoms with Gasteiger partial charge in [-0.1, -0.05) is 42.5 Å². The monoisotopic (exact) mass is 201 g/mol. The summed E-state index contributed by atoms with van der Waals surface area (Å²) in [6.45, 7) is 5.21. The van der Waals surface area contributed by atoms with Crippen LogP contribution in [0.3, 0.4) is 0 Å². The quantitative estimate of drug-likeness (QED) is 0.549. The molecule has 1 aromatic carbocycles. The first-order chi connectivity index (χ1) is 7.15. The summed E-state index contributed by atoms with van der Waals surface area (Å²) in [6.07, 6.45) is 3.35. The Morgan fingerprint density at radius 1 is 1.40 bits per heavy atom. The zero-order valence-corrected chi connectivity index (χ0v) is 8.64. The summed E-state index contributed by atoms with van der Waals surface area (Å²) in [7, 11) is 0. The smallest absolute Gasteiger partial charge is 0.0669 e. The van der Waals surface area contributed by atoms with Crippen LogP contribution in [0.4, 0.5) is 0 Å². The Balaban J connectivity index is 2.96. The zero-order valence-electron chi connectivity index (χ0n) is 8.64. The summed E-state index contributed by atoms with van der Waals surface area (Å²) >= 11 is 0. The molecule has 0 saturated heterocycles. The molecule has 1 aromatic rings. The molecule has 2 heteroatoms. The van der Waals surface area contributed by atoms with Gasteiger partial charge in [0.05, 0.1) is 5.97 Å². The van der Waals surface area contributed by atoms with Crippen molar-refractivity contribution in [3.63, 3.8) is 0 Å². The molecule has 1 rings (SSSR count). The molecule has 0 amide bonds. The lowest BCUT2D eigenvalue weighted by Gasteiger charge is -2.10. The van der Waals surface area contributed by atoms with Crippen molar-refractivity contribution < 1.29 is 9.90 Å². The molecule has 0 aliphatic heterocycles. The number of carboxylic acids is 1. The zero-order chi connectivity index (χ0) is 11.3. The lowest BCUT2D eigenvalue weighted by atomic mass is 9.97. The molecule has 1 atom stereocenters. The van der Waals surface area contributed by atoms with E-state index in [1.807, 2.05) is 30.3 Å². The van der Waals surface area contributed by atoms with Gasteiger partial charge in [0, 0.05) is 5.92 Å². The van der Waals surface area contributed by atoms with Gasteiger partial charge < -0.3 is 9.90 Å². The minimum absolute atomic E-state index is 0.0795. The van der Waals surface area contributed by atoms with Gasteiger partial charge >= 0.3 is 0 Å². The van der Waals surface area contributed by atoms with Crippen LogP contribution < -0.4 is 5.11 Å². The van der Waals surface area contributed by atoms with E-state index in [2.05, 4.69) is 6.58 Å². The van der Waals surface area contributed by atoms with Crippen LogP contribution in [-0.4, -0.2) is 5.97 Å². The summed E-state index contributed by atoms with van der Waals surface area (Å²) in [4.78, 5) is 10.6. The van der Waals surface area contributed by atoms with Gasteiger partial charge in [0.25, 0.3) is 0 Å². The predicted molar refractivity (Wildman–Crippen MR) is 58.1 cm³/mol. The highest BCUT2D eigenvalue weighted by atomic mass is 16.4. The molecule has 0 fully saturated rings. The number of hydrogen-bond acceptors (Lipinski definition) is 2. The molecule has 0 radical (unpaired) electrons. The molecule has 15 heavy (non-hydrogen) atoms. The average molecular weight is 201 g/mol. The summed E-state index contributed by atoms with van der Waals surface area (Å²) < 4.78 is 0. The third-order valence-electron chi connectivity index (χ3n) is 2.19. The van der Waals surface area contributed by atoms with Crippen LogP contribution in [0.15, 0.2) is 54.6 Å². The van der Waals surface area contributed by atoms with E-state index in [1.165, 1.54) is 6.92 Å². The molecule has 2 nitrogen and oxygen atoms in total. The second-order valence-corrected chi connectivity index (χ2v) is 3.31. The number of allylic oxidation sites excluding steroid dienone is 2. The Labute approximate surface area is 89.6 Å². The van der Waals surface area contributed by atoms with Gasteiger partial charge in [-0.15, -0.1) is 6.58 Å². The van der Waals surface area contributed by atoms with Crippen molar-refractivity contribution >= 4 is 5.97 Å². The first-order valence-corrected chi connectivity index (χ1v) is 4.72. The molecule has 0 spiro atoms. The molecule has 1 unspecified atom stereocenters. The van der Waals surface area contributed by atoms with Crippen molar-refractivity contribution in [2.45, 2.75) is 12.8 Å². The molecule has 0 saturated carbocycles. The number of hydrogen-bond donors (Lipinski definition) is 0. The van der Waals surface area contributed by atoms with Crippen LogP contribution in [0, 0.1) is 0 Å². The Morgan fingerprint density at radius 3 is 2.47 bits per heavy atom. The van der Waals surface area contributed by atoms with Crippen molar-refractivity contribution in [2.75, 3.05) is 0 Å². The third kappa shape index (κ3) is 3.09. The molecular weight excluding hydrogens is 188 g/mol. The highest BCUT2D eigenvalue weighted by molar-refractivity contribution is 5.84. The second-order valence-electron chi connectivity index (χ2n) is 3.31. The molecule has 0 aliphatic rings. The van der Waals surface area contributed by atoms with Gasteiger partial charge in [-0.2, -0.15) is 0 Å². The van der Waals surface area contributed by atoms with Crippen LogP contribution >= 0.6 is 0 Å². The van der Waals surface area contributed by atoms with Gasteiger partial charge in [-0.25, -0.2) is 0 Å². The van der Waals surface area contributed by atoms with Gasteiger partial charge in [0.1, 0.15) is 0 Å². The van der Waals surface area contributed by atoms with Crippen molar-refractivity contribution in [3.05, 3.63) is 60.2 Å². The molecule has 0 heterocycles. The maximum Gasteiger partial charge on any atom is 0.0669 e. The lowest BCUT2D eigenvalue weighted by molar-refractivity contribution is -0.299. The summed E-state index contributed by atoms with van der Waals surface area (Å²) in [6, 6.07) is 9.61. The fraction of sp³-hybridized carbons (Fsp3) is 0.154. The molecule has 0 N–H and O–H groups in total. The maximum absolute atomic E-state index is 10.6. The van der Waals surface area contributed by atoms with Crippen molar-refractivity contribution in [2.24, 2.45) is 0 Å². The fourth-order valence-corrected chi connectivity index (χ4v) is 1.31.